The number of hydrogen-bond acceptors (Lipinski definition) is 2. The number of hydrogen-bond donors (Lipinski definition) is 0. The zero-order chi connectivity index (χ0) is 8.10. The van der Waals surface area contributed by atoms with Crippen molar-refractivity contribution >= 4 is 0 Å². The Kier molecular flexibility index (Phi) is 3.87. The highest BCUT2D eigenvalue weighted by Crippen LogP contribution is 2.07. The molecule has 2 heteroatoms. The van der Waals surface area contributed by atoms with E-state index in [-0.39, 0.29) is 0 Å². The average molecular weight is 157 g/mol. The van der Waals surface area contributed by atoms with Crippen molar-refractivity contribution in [2.24, 2.45) is 0 Å². The molecule has 1 saturated heterocycles. The number of nitrogens with zero attached hydrogens (tertiary/aromatic N) is 1. The van der Waals surface area contributed by atoms with Crippen LogP contribution >= 0.6 is 0 Å². The first-order valence-electron chi connectivity index (χ1n) is 4.70. The number of ether oxygens (including phenoxy) is 1. The van der Waals surface area contributed by atoms with E-state index in [9.17, 15) is 0 Å². The van der Waals surface area contributed by atoms with Crippen LogP contribution in [0.25, 0.3) is 0 Å². The molecule has 1 aliphatic heterocycles. The van der Waals surface area contributed by atoms with Crippen molar-refractivity contribution in [3.05, 3.63) is 0 Å². The zero-order valence-corrected chi connectivity index (χ0v) is 7.68. The van der Waals surface area contributed by atoms with Crippen molar-refractivity contribution in [1.82, 2.24) is 4.90 Å². The minimum Gasteiger partial charge on any atom is -0.376 e. The van der Waals surface area contributed by atoms with Gasteiger partial charge in [0.25, 0.3) is 0 Å². The second kappa shape index (κ2) is 4.73. The smallest absolute Gasteiger partial charge is 0.0700 e. The van der Waals surface area contributed by atoms with E-state index in [1.165, 1.54) is 13.0 Å². The molecular formula is C9H19NO. The van der Waals surface area contributed by atoms with Crippen LogP contribution in [0.5, 0.6) is 0 Å². The first-order valence-corrected chi connectivity index (χ1v) is 4.70. The molecule has 0 spiro atoms. The molecule has 11 heavy (non-hydrogen) atoms. The molecule has 0 saturated carbocycles. The molecule has 0 radical (unpaired) electrons. The maximum atomic E-state index is 5.56. The second-order valence-corrected chi connectivity index (χ2v) is 3.20. The standard InChI is InChI=1S/C9H19NO/c1-3-5-10-6-7-11-9(4-2)8-10/h9H,3-8H2,1-2H3/t9-/m1/s1. The van der Waals surface area contributed by atoms with Gasteiger partial charge in [0, 0.05) is 13.1 Å². The van der Waals surface area contributed by atoms with Crippen LogP contribution in [0.4, 0.5) is 0 Å². The maximum Gasteiger partial charge on any atom is 0.0700 e. The van der Waals surface area contributed by atoms with Crippen LogP contribution in [0.1, 0.15) is 26.7 Å². The molecule has 0 aromatic carbocycles. The van der Waals surface area contributed by atoms with Gasteiger partial charge in [-0.15, -0.1) is 0 Å². The minimum absolute atomic E-state index is 0.496. The summed E-state index contributed by atoms with van der Waals surface area (Å²) in [6.07, 6.45) is 2.91. The van der Waals surface area contributed by atoms with Crippen LogP contribution in [0.3, 0.4) is 0 Å². The van der Waals surface area contributed by atoms with Crippen LogP contribution in [-0.2, 0) is 4.74 Å². The van der Waals surface area contributed by atoms with Crippen molar-refractivity contribution in [3.8, 4) is 0 Å². The maximum absolute atomic E-state index is 5.56. The predicted molar refractivity (Wildman–Crippen MR) is 46.8 cm³/mol. The van der Waals surface area contributed by atoms with Gasteiger partial charge in [0.05, 0.1) is 12.7 Å². The van der Waals surface area contributed by atoms with E-state index in [1.807, 2.05) is 0 Å². The molecule has 0 amide bonds. The van der Waals surface area contributed by atoms with Gasteiger partial charge >= 0.3 is 0 Å². The Morgan fingerprint density at radius 2 is 2.27 bits per heavy atom. The van der Waals surface area contributed by atoms with Gasteiger partial charge in [0.15, 0.2) is 0 Å². The Morgan fingerprint density at radius 3 is 2.91 bits per heavy atom. The van der Waals surface area contributed by atoms with E-state index < -0.39 is 0 Å². The lowest BCUT2D eigenvalue weighted by molar-refractivity contribution is -0.0294. The fraction of sp³-hybridized carbons (Fsp3) is 1.00. The topological polar surface area (TPSA) is 12.5 Å². The van der Waals surface area contributed by atoms with Crippen LogP contribution in [0.15, 0.2) is 0 Å². The van der Waals surface area contributed by atoms with Crippen molar-refractivity contribution < 1.29 is 4.74 Å². The molecule has 1 rings (SSSR count). The molecule has 1 fully saturated rings. The first-order chi connectivity index (χ1) is 5.36. The lowest BCUT2D eigenvalue weighted by Crippen LogP contribution is -2.42. The molecule has 0 N–H and O–H groups in total. The normalized spacial score (nSPS) is 27.3. The van der Waals surface area contributed by atoms with E-state index in [1.54, 1.807) is 0 Å². The van der Waals surface area contributed by atoms with Crippen molar-refractivity contribution in [1.29, 1.82) is 0 Å². The highest BCUT2D eigenvalue weighted by Gasteiger charge is 2.17. The molecule has 0 unspecified atom stereocenters. The van der Waals surface area contributed by atoms with E-state index in [0.29, 0.717) is 6.10 Å². The largest absolute Gasteiger partial charge is 0.376 e. The zero-order valence-electron chi connectivity index (χ0n) is 7.68. The molecule has 1 atom stereocenters. The van der Waals surface area contributed by atoms with E-state index in [0.717, 1.165) is 26.1 Å². The van der Waals surface area contributed by atoms with Crippen molar-refractivity contribution in [3.63, 3.8) is 0 Å². The Balaban J connectivity index is 2.21. The Morgan fingerprint density at radius 1 is 1.45 bits per heavy atom. The predicted octanol–water partition coefficient (Wildman–Crippen LogP) is 1.51. The van der Waals surface area contributed by atoms with Gasteiger partial charge in [-0.3, -0.25) is 4.90 Å². The van der Waals surface area contributed by atoms with Gasteiger partial charge in [-0.2, -0.15) is 0 Å². The molecule has 66 valence electrons. The average Bonchev–Trinajstić information content (AvgIpc) is 2.06. The third-order valence-electron chi connectivity index (χ3n) is 2.22. The summed E-state index contributed by atoms with van der Waals surface area (Å²) in [4.78, 5) is 2.50. The molecule has 2 nitrogen and oxygen atoms in total. The quantitative estimate of drug-likeness (QED) is 0.615. The summed E-state index contributed by atoms with van der Waals surface area (Å²) in [5.41, 5.74) is 0. The van der Waals surface area contributed by atoms with Gasteiger partial charge in [-0.1, -0.05) is 13.8 Å². The molecule has 0 aromatic heterocycles. The fourth-order valence-corrected chi connectivity index (χ4v) is 1.55. The van der Waals surface area contributed by atoms with Crippen LogP contribution in [-0.4, -0.2) is 37.2 Å². The highest BCUT2D eigenvalue weighted by atomic mass is 16.5. The number of morpholine rings is 1. The Hall–Kier alpha value is -0.0800. The third-order valence-corrected chi connectivity index (χ3v) is 2.22. The SMILES string of the molecule is CCCN1CCO[C@H](CC)C1. The summed E-state index contributed by atoms with van der Waals surface area (Å²) in [7, 11) is 0. The summed E-state index contributed by atoms with van der Waals surface area (Å²) in [6, 6.07) is 0. The Labute approximate surface area is 69.5 Å². The Bertz CT molecular complexity index is 104. The molecular weight excluding hydrogens is 138 g/mol. The molecule has 1 aliphatic rings. The minimum atomic E-state index is 0.496. The van der Waals surface area contributed by atoms with Crippen molar-refractivity contribution in [2.45, 2.75) is 32.8 Å². The van der Waals surface area contributed by atoms with Crippen molar-refractivity contribution in [2.75, 3.05) is 26.2 Å². The van der Waals surface area contributed by atoms with Crippen LogP contribution in [0, 0.1) is 0 Å². The first kappa shape index (κ1) is 9.01. The van der Waals surface area contributed by atoms with Crippen LogP contribution in [0.2, 0.25) is 0 Å². The van der Waals surface area contributed by atoms with E-state index in [4.69, 9.17) is 4.74 Å². The van der Waals surface area contributed by atoms with Gasteiger partial charge in [-0.25, -0.2) is 0 Å². The fourth-order valence-electron chi connectivity index (χ4n) is 1.55. The summed E-state index contributed by atoms with van der Waals surface area (Å²) < 4.78 is 5.56. The van der Waals surface area contributed by atoms with Gasteiger partial charge in [-0.05, 0) is 19.4 Å². The van der Waals surface area contributed by atoms with E-state index in [2.05, 4.69) is 18.7 Å². The summed E-state index contributed by atoms with van der Waals surface area (Å²) in [5, 5.41) is 0. The number of rotatable bonds is 3. The van der Waals surface area contributed by atoms with Gasteiger partial charge < -0.3 is 4.74 Å². The summed E-state index contributed by atoms with van der Waals surface area (Å²) in [6.45, 7) is 8.86. The lowest BCUT2D eigenvalue weighted by atomic mass is 10.2. The summed E-state index contributed by atoms with van der Waals surface area (Å²) >= 11 is 0. The van der Waals surface area contributed by atoms with Gasteiger partial charge in [0.1, 0.15) is 0 Å². The monoisotopic (exact) mass is 157 g/mol. The van der Waals surface area contributed by atoms with Crippen LogP contribution < -0.4 is 0 Å². The third kappa shape index (κ3) is 2.80. The highest BCUT2D eigenvalue weighted by molar-refractivity contribution is 4.69. The summed E-state index contributed by atoms with van der Waals surface area (Å²) in [5.74, 6) is 0. The van der Waals surface area contributed by atoms with Gasteiger partial charge in [0.2, 0.25) is 0 Å². The lowest BCUT2D eigenvalue weighted by Gasteiger charge is -2.32. The molecule has 1 heterocycles. The van der Waals surface area contributed by atoms with E-state index >= 15 is 0 Å². The molecule has 0 bridgehead atoms. The second-order valence-electron chi connectivity index (χ2n) is 3.20. The molecule has 0 aliphatic carbocycles. The molecule has 0 aromatic rings.